The quantitative estimate of drug-likeness (QED) is 0.759. The Labute approximate surface area is 85.4 Å². The molecular formula is C11H19NO2. The Morgan fingerprint density at radius 2 is 2.29 bits per heavy atom. The normalized spacial score (nSPS) is 11.9. The fourth-order valence-electron chi connectivity index (χ4n) is 1.34. The lowest BCUT2D eigenvalue weighted by Gasteiger charge is -2.24. The highest BCUT2D eigenvalue weighted by atomic mass is 16.5. The van der Waals surface area contributed by atoms with Gasteiger partial charge in [-0.1, -0.05) is 0 Å². The molecule has 1 N–H and O–H groups in total. The Balaban J connectivity index is 2.20. The third-order valence-corrected chi connectivity index (χ3v) is 2.00. The summed E-state index contributed by atoms with van der Waals surface area (Å²) in [5.74, 6) is 0. The van der Waals surface area contributed by atoms with Crippen molar-refractivity contribution in [2.75, 3.05) is 13.2 Å². The van der Waals surface area contributed by atoms with Crippen LogP contribution in [0, 0.1) is 0 Å². The van der Waals surface area contributed by atoms with Crippen molar-refractivity contribution < 1.29 is 9.15 Å². The molecular weight excluding hydrogens is 178 g/mol. The van der Waals surface area contributed by atoms with Crippen molar-refractivity contribution >= 4 is 0 Å². The fraction of sp³-hybridized carbons (Fsp3) is 0.636. The van der Waals surface area contributed by atoms with E-state index < -0.39 is 0 Å². The van der Waals surface area contributed by atoms with Crippen LogP contribution in [0.2, 0.25) is 0 Å². The molecule has 0 aliphatic carbocycles. The van der Waals surface area contributed by atoms with Gasteiger partial charge in [0.05, 0.1) is 18.1 Å². The van der Waals surface area contributed by atoms with E-state index in [0.717, 1.165) is 25.3 Å². The molecule has 14 heavy (non-hydrogen) atoms. The minimum atomic E-state index is -0.0987. The van der Waals surface area contributed by atoms with Gasteiger partial charge in [0.25, 0.3) is 0 Å². The summed E-state index contributed by atoms with van der Waals surface area (Å²) in [5, 5.41) is 3.33. The molecule has 0 bridgehead atoms. The molecule has 0 unspecified atom stereocenters. The van der Waals surface area contributed by atoms with E-state index in [4.69, 9.17) is 9.15 Å². The number of hydrogen-bond donors (Lipinski definition) is 1. The molecule has 0 spiro atoms. The molecule has 0 amide bonds. The predicted octanol–water partition coefficient (Wildman–Crippen LogP) is 2.18. The standard InChI is InChI=1S/C11H19NO2/c1-4-14-11(2,3)9-12-7-10-5-6-13-8-10/h5-6,8,12H,4,7,9H2,1-3H3. The second-order valence-corrected chi connectivity index (χ2v) is 3.93. The van der Waals surface area contributed by atoms with Gasteiger partial charge in [0.2, 0.25) is 0 Å². The summed E-state index contributed by atoms with van der Waals surface area (Å²) >= 11 is 0. The van der Waals surface area contributed by atoms with E-state index >= 15 is 0 Å². The summed E-state index contributed by atoms with van der Waals surface area (Å²) < 4.78 is 10.5. The van der Waals surface area contributed by atoms with Crippen molar-refractivity contribution in [3.05, 3.63) is 24.2 Å². The molecule has 80 valence electrons. The summed E-state index contributed by atoms with van der Waals surface area (Å²) in [6, 6.07) is 1.96. The van der Waals surface area contributed by atoms with Gasteiger partial charge in [-0.05, 0) is 26.8 Å². The molecule has 1 heterocycles. The van der Waals surface area contributed by atoms with Crippen molar-refractivity contribution in [1.29, 1.82) is 0 Å². The van der Waals surface area contributed by atoms with Crippen molar-refractivity contribution in [1.82, 2.24) is 5.32 Å². The first-order chi connectivity index (χ1) is 6.64. The van der Waals surface area contributed by atoms with Gasteiger partial charge >= 0.3 is 0 Å². The Hall–Kier alpha value is -0.800. The number of hydrogen-bond acceptors (Lipinski definition) is 3. The van der Waals surface area contributed by atoms with Crippen LogP contribution >= 0.6 is 0 Å². The van der Waals surface area contributed by atoms with E-state index in [1.54, 1.807) is 12.5 Å². The van der Waals surface area contributed by atoms with Crippen LogP contribution in [0.5, 0.6) is 0 Å². The Bertz CT molecular complexity index is 242. The van der Waals surface area contributed by atoms with Crippen LogP contribution in [0.15, 0.2) is 23.0 Å². The van der Waals surface area contributed by atoms with E-state index in [1.165, 1.54) is 0 Å². The average Bonchev–Trinajstić information content (AvgIpc) is 2.56. The van der Waals surface area contributed by atoms with Gasteiger partial charge in [-0.15, -0.1) is 0 Å². The summed E-state index contributed by atoms with van der Waals surface area (Å²) in [6.45, 7) is 8.59. The molecule has 0 aromatic carbocycles. The highest BCUT2D eigenvalue weighted by Crippen LogP contribution is 2.07. The van der Waals surface area contributed by atoms with E-state index in [-0.39, 0.29) is 5.60 Å². The molecule has 1 rings (SSSR count). The van der Waals surface area contributed by atoms with Gasteiger partial charge in [-0.2, -0.15) is 0 Å². The van der Waals surface area contributed by atoms with E-state index in [0.29, 0.717) is 0 Å². The second-order valence-electron chi connectivity index (χ2n) is 3.93. The number of rotatable bonds is 6. The van der Waals surface area contributed by atoms with Crippen molar-refractivity contribution in [2.24, 2.45) is 0 Å². The molecule has 3 heteroatoms. The van der Waals surface area contributed by atoms with Crippen LogP contribution in [0.3, 0.4) is 0 Å². The average molecular weight is 197 g/mol. The molecule has 1 aromatic heterocycles. The Morgan fingerprint density at radius 1 is 1.50 bits per heavy atom. The van der Waals surface area contributed by atoms with Gasteiger partial charge in [0.1, 0.15) is 0 Å². The Morgan fingerprint density at radius 3 is 2.86 bits per heavy atom. The third kappa shape index (κ3) is 3.94. The minimum Gasteiger partial charge on any atom is -0.472 e. The number of ether oxygens (including phenoxy) is 1. The van der Waals surface area contributed by atoms with Crippen LogP contribution in [-0.2, 0) is 11.3 Å². The maximum absolute atomic E-state index is 5.56. The maximum atomic E-state index is 5.56. The predicted molar refractivity (Wildman–Crippen MR) is 56.1 cm³/mol. The van der Waals surface area contributed by atoms with E-state index in [1.807, 2.05) is 13.0 Å². The summed E-state index contributed by atoms with van der Waals surface area (Å²) in [7, 11) is 0. The van der Waals surface area contributed by atoms with Gasteiger partial charge < -0.3 is 14.5 Å². The number of nitrogens with one attached hydrogen (secondary N) is 1. The molecule has 0 aliphatic heterocycles. The molecule has 0 aliphatic rings. The first-order valence-corrected chi connectivity index (χ1v) is 5.00. The number of furan rings is 1. The molecule has 0 saturated heterocycles. The third-order valence-electron chi connectivity index (χ3n) is 2.00. The summed E-state index contributed by atoms with van der Waals surface area (Å²) in [4.78, 5) is 0. The molecule has 3 nitrogen and oxygen atoms in total. The zero-order chi connectivity index (χ0) is 10.4. The topological polar surface area (TPSA) is 34.4 Å². The van der Waals surface area contributed by atoms with Gasteiger partial charge in [-0.25, -0.2) is 0 Å². The minimum absolute atomic E-state index is 0.0987. The monoisotopic (exact) mass is 197 g/mol. The van der Waals surface area contributed by atoms with Crippen LogP contribution < -0.4 is 5.32 Å². The maximum Gasteiger partial charge on any atom is 0.0947 e. The van der Waals surface area contributed by atoms with E-state index in [9.17, 15) is 0 Å². The highest BCUT2D eigenvalue weighted by Gasteiger charge is 2.16. The van der Waals surface area contributed by atoms with Gasteiger partial charge in [-0.3, -0.25) is 0 Å². The zero-order valence-electron chi connectivity index (χ0n) is 9.17. The Kier molecular flexibility index (Phi) is 4.17. The van der Waals surface area contributed by atoms with Crippen LogP contribution in [0.25, 0.3) is 0 Å². The van der Waals surface area contributed by atoms with Crippen molar-refractivity contribution in [3.63, 3.8) is 0 Å². The lowest BCUT2D eigenvalue weighted by Crippen LogP contribution is -2.37. The summed E-state index contributed by atoms with van der Waals surface area (Å²) in [6.07, 6.45) is 3.44. The van der Waals surface area contributed by atoms with Crippen molar-refractivity contribution in [2.45, 2.75) is 32.9 Å². The lowest BCUT2D eigenvalue weighted by molar-refractivity contribution is -0.00898. The lowest BCUT2D eigenvalue weighted by atomic mass is 10.1. The summed E-state index contributed by atoms with van der Waals surface area (Å²) in [5.41, 5.74) is 1.07. The first-order valence-electron chi connectivity index (χ1n) is 5.00. The van der Waals surface area contributed by atoms with Crippen LogP contribution in [0.4, 0.5) is 0 Å². The largest absolute Gasteiger partial charge is 0.472 e. The van der Waals surface area contributed by atoms with Crippen LogP contribution in [-0.4, -0.2) is 18.8 Å². The highest BCUT2D eigenvalue weighted by molar-refractivity contribution is 5.04. The van der Waals surface area contributed by atoms with Gasteiger partial charge in [0.15, 0.2) is 0 Å². The molecule has 0 saturated carbocycles. The fourth-order valence-corrected chi connectivity index (χ4v) is 1.34. The smallest absolute Gasteiger partial charge is 0.0947 e. The van der Waals surface area contributed by atoms with Crippen molar-refractivity contribution in [3.8, 4) is 0 Å². The van der Waals surface area contributed by atoms with E-state index in [2.05, 4.69) is 19.2 Å². The first kappa shape index (κ1) is 11.3. The molecule has 0 radical (unpaired) electrons. The molecule has 0 fully saturated rings. The SMILES string of the molecule is CCOC(C)(C)CNCc1ccoc1. The van der Waals surface area contributed by atoms with Crippen LogP contribution in [0.1, 0.15) is 26.3 Å². The zero-order valence-corrected chi connectivity index (χ0v) is 9.17. The molecule has 1 aromatic rings. The second kappa shape index (κ2) is 5.17. The van der Waals surface area contributed by atoms with Gasteiger partial charge in [0, 0.05) is 25.3 Å². The molecule has 0 atom stereocenters.